The molecule has 1 N–H and O–H groups in total. The summed E-state index contributed by atoms with van der Waals surface area (Å²) in [7, 11) is 1.74. The molecule has 1 unspecified atom stereocenters. The van der Waals surface area contributed by atoms with Crippen LogP contribution in [0.5, 0.6) is 0 Å². The van der Waals surface area contributed by atoms with Crippen LogP contribution in [-0.4, -0.2) is 7.05 Å². The monoisotopic (exact) mass is 237 g/mol. The third-order valence-electron chi connectivity index (χ3n) is 2.72. The molecule has 1 heterocycles. The van der Waals surface area contributed by atoms with Crippen molar-refractivity contribution in [3.63, 3.8) is 0 Å². The fraction of sp³-hybridized carbons (Fsp3) is 0.231. The molecule has 4 heteroatoms. The molecule has 17 heavy (non-hydrogen) atoms. The van der Waals surface area contributed by atoms with E-state index in [0.717, 1.165) is 17.4 Å². The van der Waals surface area contributed by atoms with E-state index in [1.807, 2.05) is 6.92 Å². The zero-order valence-electron chi connectivity index (χ0n) is 9.63. The molecule has 1 aromatic heterocycles. The Morgan fingerprint density at radius 3 is 2.29 bits per heavy atom. The lowest BCUT2D eigenvalue weighted by Crippen LogP contribution is -2.18. The summed E-state index contributed by atoms with van der Waals surface area (Å²) in [6.07, 6.45) is 1.56. The summed E-state index contributed by atoms with van der Waals surface area (Å²) in [6, 6.07) is 5.00. The van der Waals surface area contributed by atoms with Crippen molar-refractivity contribution in [2.24, 2.45) is 0 Å². The fourth-order valence-corrected chi connectivity index (χ4v) is 1.94. The fourth-order valence-electron chi connectivity index (χ4n) is 1.94. The maximum Gasteiger partial charge on any atom is 0.126 e. The van der Waals surface area contributed by atoms with Gasteiger partial charge in [0.15, 0.2) is 0 Å². The Bertz CT molecular complexity index is 502. The molecule has 2 nitrogen and oxygen atoms in total. The van der Waals surface area contributed by atoms with Crippen LogP contribution in [0.4, 0.5) is 8.78 Å². The van der Waals surface area contributed by atoms with Gasteiger partial charge >= 0.3 is 0 Å². The first-order chi connectivity index (χ1) is 8.11. The van der Waals surface area contributed by atoms with E-state index in [0.29, 0.717) is 5.56 Å². The standard InChI is InChI=1S/C13H13F2NO/c1-8-12(3-4-17-8)13(16-2)9-5-10(14)7-11(15)6-9/h3-7,13,16H,1-2H3. The van der Waals surface area contributed by atoms with Gasteiger partial charge in [0.25, 0.3) is 0 Å². The Labute approximate surface area is 98.3 Å². The van der Waals surface area contributed by atoms with Gasteiger partial charge in [0.2, 0.25) is 0 Å². The zero-order chi connectivity index (χ0) is 12.4. The van der Waals surface area contributed by atoms with Crippen LogP contribution in [0.25, 0.3) is 0 Å². The average Bonchev–Trinajstić information content (AvgIpc) is 2.65. The maximum atomic E-state index is 13.2. The second kappa shape index (κ2) is 4.67. The predicted octanol–water partition coefficient (Wildman–Crippen LogP) is 3.18. The second-order valence-electron chi connectivity index (χ2n) is 3.86. The Morgan fingerprint density at radius 1 is 1.18 bits per heavy atom. The highest BCUT2D eigenvalue weighted by Crippen LogP contribution is 2.26. The number of rotatable bonds is 3. The van der Waals surface area contributed by atoms with Crippen LogP contribution in [0.15, 0.2) is 34.9 Å². The predicted molar refractivity (Wildman–Crippen MR) is 60.7 cm³/mol. The van der Waals surface area contributed by atoms with E-state index in [9.17, 15) is 8.78 Å². The summed E-state index contributed by atoms with van der Waals surface area (Å²) in [6.45, 7) is 1.81. The van der Waals surface area contributed by atoms with E-state index in [2.05, 4.69) is 5.32 Å². The Hall–Kier alpha value is -1.68. The zero-order valence-corrected chi connectivity index (χ0v) is 9.63. The minimum Gasteiger partial charge on any atom is -0.469 e. The summed E-state index contributed by atoms with van der Waals surface area (Å²) in [5.41, 5.74) is 1.41. The van der Waals surface area contributed by atoms with E-state index in [1.165, 1.54) is 12.1 Å². The molecule has 1 atom stereocenters. The molecule has 0 aliphatic rings. The van der Waals surface area contributed by atoms with Crippen molar-refractivity contribution >= 4 is 0 Å². The van der Waals surface area contributed by atoms with Crippen molar-refractivity contribution < 1.29 is 13.2 Å². The van der Waals surface area contributed by atoms with E-state index < -0.39 is 11.6 Å². The van der Waals surface area contributed by atoms with Gasteiger partial charge in [-0.2, -0.15) is 0 Å². The number of nitrogens with one attached hydrogen (secondary N) is 1. The first kappa shape index (κ1) is 11.8. The van der Waals surface area contributed by atoms with Gasteiger partial charge in [0, 0.05) is 11.6 Å². The normalized spacial score (nSPS) is 12.7. The lowest BCUT2D eigenvalue weighted by atomic mass is 9.99. The minimum atomic E-state index is -0.582. The maximum absolute atomic E-state index is 13.2. The van der Waals surface area contributed by atoms with Crippen LogP contribution in [0.3, 0.4) is 0 Å². The third kappa shape index (κ3) is 2.36. The summed E-state index contributed by atoms with van der Waals surface area (Å²) in [4.78, 5) is 0. The van der Waals surface area contributed by atoms with Gasteiger partial charge in [-0.25, -0.2) is 8.78 Å². The molecule has 90 valence electrons. The van der Waals surface area contributed by atoms with Gasteiger partial charge in [-0.1, -0.05) is 0 Å². The van der Waals surface area contributed by atoms with Crippen molar-refractivity contribution in [3.05, 3.63) is 59.1 Å². The van der Waals surface area contributed by atoms with Crippen LogP contribution in [-0.2, 0) is 0 Å². The Morgan fingerprint density at radius 2 is 1.82 bits per heavy atom. The molecule has 0 aliphatic heterocycles. The first-order valence-electron chi connectivity index (χ1n) is 5.29. The molecule has 0 saturated heterocycles. The van der Waals surface area contributed by atoms with Gasteiger partial charge < -0.3 is 9.73 Å². The van der Waals surface area contributed by atoms with Crippen LogP contribution < -0.4 is 5.32 Å². The van der Waals surface area contributed by atoms with Crippen molar-refractivity contribution in [1.29, 1.82) is 0 Å². The van der Waals surface area contributed by atoms with Gasteiger partial charge in [-0.15, -0.1) is 0 Å². The van der Waals surface area contributed by atoms with Crippen molar-refractivity contribution in [2.75, 3.05) is 7.05 Å². The minimum absolute atomic E-state index is 0.279. The Kier molecular flexibility index (Phi) is 3.24. The summed E-state index contributed by atoms with van der Waals surface area (Å²) in [5.74, 6) is -0.434. The number of hydrogen-bond donors (Lipinski definition) is 1. The summed E-state index contributed by atoms with van der Waals surface area (Å²) < 4.78 is 31.6. The molecular formula is C13H13F2NO. The second-order valence-corrected chi connectivity index (χ2v) is 3.86. The highest BCUT2D eigenvalue weighted by Gasteiger charge is 2.17. The molecule has 0 bridgehead atoms. The molecule has 0 fully saturated rings. The molecule has 2 rings (SSSR count). The van der Waals surface area contributed by atoms with E-state index in [4.69, 9.17) is 4.42 Å². The van der Waals surface area contributed by atoms with Gasteiger partial charge in [0.05, 0.1) is 12.3 Å². The smallest absolute Gasteiger partial charge is 0.126 e. The third-order valence-corrected chi connectivity index (χ3v) is 2.72. The molecular weight excluding hydrogens is 224 g/mol. The number of hydrogen-bond acceptors (Lipinski definition) is 2. The topological polar surface area (TPSA) is 25.2 Å². The summed E-state index contributed by atoms with van der Waals surface area (Å²) >= 11 is 0. The SMILES string of the molecule is CNC(c1cc(F)cc(F)c1)c1ccoc1C. The molecule has 0 spiro atoms. The lowest BCUT2D eigenvalue weighted by Gasteiger charge is -2.16. The quantitative estimate of drug-likeness (QED) is 0.887. The van der Waals surface area contributed by atoms with Crippen LogP contribution in [0.2, 0.25) is 0 Å². The molecule has 1 aromatic carbocycles. The van der Waals surface area contributed by atoms with Crippen molar-refractivity contribution in [2.45, 2.75) is 13.0 Å². The first-order valence-corrected chi connectivity index (χ1v) is 5.29. The van der Waals surface area contributed by atoms with E-state index in [1.54, 1.807) is 19.4 Å². The summed E-state index contributed by atoms with van der Waals surface area (Å²) in [5, 5.41) is 3.02. The van der Waals surface area contributed by atoms with Crippen LogP contribution >= 0.6 is 0 Å². The number of halogens is 2. The van der Waals surface area contributed by atoms with Gasteiger partial charge in [-0.05, 0) is 37.7 Å². The number of aryl methyl sites for hydroxylation is 1. The Balaban J connectivity index is 2.45. The molecule has 2 aromatic rings. The highest BCUT2D eigenvalue weighted by atomic mass is 19.1. The van der Waals surface area contributed by atoms with Gasteiger partial charge in [-0.3, -0.25) is 0 Å². The molecule has 0 saturated carbocycles. The molecule has 0 radical (unpaired) electrons. The van der Waals surface area contributed by atoms with E-state index >= 15 is 0 Å². The van der Waals surface area contributed by atoms with Gasteiger partial charge in [0.1, 0.15) is 17.4 Å². The van der Waals surface area contributed by atoms with Crippen molar-refractivity contribution in [1.82, 2.24) is 5.32 Å². The van der Waals surface area contributed by atoms with Crippen LogP contribution in [0.1, 0.15) is 22.9 Å². The molecule has 0 aliphatic carbocycles. The lowest BCUT2D eigenvalue weighted by molar-refractivity contribution is 0.521. The van der Waals surface area contributed by atoms with Crippen LogP contribution in [0, 0.1) is 18.6 Å². The number of furan rings is 1. The average molecular weight is 237 g/mol. The van der Waals surface area contributed by atoms with Crippen molar-refractivity contribution in [3.8, 4) is 0 Å². The largest absolute Gasteiger partial charge is 0.469 e. The van der Waals surface area contributed by atoms with E-state index in [-0.39, 0.29) is 6.04 Å². The molecule has 0 amide bonds. The highest BCUT2D eigenvalue weighted by molar-refractivity contribution is 5.33. The number of benzene rings is 1.